The molecular weight excluding hydrogens is 418 g/mol. The summed E-state index contributed by atoms with van der Waals surface area (Å²) in [5.74, 6) is 0.763. The molecule has 0 aliphatic rings. The highest BCUT2D eigenvalue weighted by Crippen LogP contribution is 2.15. The SMILES string of the molecule is CCc1ccccc1F.Cc1ccc(O)cc1.Cc1ccc(OCc2ccccc2F)cc1. The molecule has 1 N–H and O–H groups in total. The van der Waals surface area contributed by atoms with Crippen LogP contribution in [-0.4, -0.2) is 5.11 Å². The molecule has 0 spiro atoms. The Labute approximate surface area is 195 Å². The Balaban J connectivity index is 0.000000192. The molecule has 0 atom stereocenters. The number of rotatable bonds is 4. The van der Waals surface area contributed by atoms with E-state index in [1.54, 1.807) is 42.5 Å². The van der Waals surface area contributed by atoms with E-state index < -0.39 is 0 Å². The van der Waals surface area contributed by atoms with Crippen molar-refractivity contribution in [2.75, 3.05) is 0 Å². The van der Waals surface area contributed by atoms with Gasteiger partial charge in [0.25, 0.3) is 0 Å². The largest absolute Gasteiger partial charge is 0.508 e. The fourth-order valence-corrected chi connectivity index (χ4v) is 2.74. The van der Waals surface area contributed by atoms with Crippen molar-refractivity contribution in [2.45, 2.75) is 33.8 Å². The first kappa shape index (κ1) is 25.6. The quantitative estimate of drug-likeness (QED) is 0.345. The van der Waals surface area contributed by atoms with E-state index in [0.717, 1.165) is 17.7 Å². The van der Waals surface area contributed by atoms with Crippen molar-refractivity contribution in [3.8, 4) is 11.5 Å². The lowest BCUT2D eigenvalue weighted by Gasteiger charge is -2.07. The van der Waals surface area contributed by atoms with Crippen LogP contribution in [0.3, 0.4) is 0 Å². The molecule has 0 saturated heterocycles. The predicted octanol–water partition coefficient (Wildman–Crippen LogP) is 7.80. The van der Waals surface area contributed by atoms with Gasteiger partial charge in [-0.1, -0.05) is 78.7 Å². The molecule has 0 aliphatic heterocycles. The summed E-state index contributed by atoms with van der Waals surface area (Å²) in [6.45, 7) is 6.20. The van der Waals surface area contributed by atoms with Gasteiger partial charge in [0.1, 0.15) is 29.7 Å². The zero-order chi connectivity index (χ0) is 24.1. The van der Waals surface area contributed by atoms with Crippen molar-refractivity contribution in [2.24, 2.45) is 0 Å². The third kappa shape index (κ3) is 9.56. The van der Waals surface area contributed by atoms with Gasteiger partial charge in [0.05, 0.1) is 0 Å². The third-order valence-corrected chi connectivity index (χ3v) is 4.75. The average Bonchev–Trinajstić information content (AvgIpc) is 2.83. The van der Waals surface area contributed by atoms with Crippen LogP contribution in [0, 0.1) is 25.5 Å². The first-order valence-electron chi connectivity index (χ1n) is 10.8. The molecular formula is C29H30F2O2. The number of phenolic OH excluding ortho intramolecular Hbond substituents is 1. The van der Waals surface area contributed by atoms with E-state index >= 15 is 0 Å². The molecule has 2 nitrogen and oxygen atoms in total. The van der Waals surface area contributed by atoms with Gasteiger partial charge in [-0.05, 0) is 62.2 Å². The smallest absolute Gasteiger partial charge is 0.129 e. The normalized spacial score (nSPS) is 9.73. The molecule has 0 amide bonds. The van der Waals surface area contributed by atoms with Gasteiger partial charge < -0.3 is 9.84 Å². The first-order valence-corrected chi connectivity index (χ1v) is 10.8. The number of aryl methyl sites for hydroxylation is 3. The molecule has 4 aromatic carbocycles. The number of phenols is 1. The van der Waals surface area contributed by atoms with E-state index in [0.29, 0.717) is 11.3 Å². The van der Waals surface area contributed by atoms with Gasteiger partial charge in [-0.15, -0.1) is 0 Å². The van der Waals surface area contributed by atoms with Gasteiger partial charge in [-0.2, -0.15) is 0 Å². The van der Waals surface area contributed by atoms with E-state index in [1.165, 1.54) is 23.3 Å². The summed E-state index contributed by atoms with van der Waals surface area (Å²) in [6.07, 6.45) is 0.771. The highest BCUT2D eigenvalue weighted by atomic mass is 19.1. The molecule has 0 fully saturated rings. The Morgan fingerprint density at radius 3 is 1.52 bits per heavy atom. The summed E-state index contributed by atoms with van der Waals surface area (Å²) < 4.78 is 31.4. The maximum atomic E-state index is 13.3. The number of halogens is 2. The van der Waals surface area contributed by atoms with Gasteiger partial charge in [-0.3, -0.25) is 0 Å². The van der Waals surface area contributed by atoms with E-state index in [-0.39, 0.29) is 18.2 Å². The van der Waals surface area contributed by atoms with Crippen LogP contribution < -0.4 is 4.74 Å². The highest BCUT2D eigenvalue weighted by molar-refractivity contribution is 5.27. The first-order chi connectivity index (χ1) is 15.9. The molecule has 0 radical (unpaired) electrons. The molecule has 0 unspecified atom stereocenters. The topological polar surface area (TPSA) is 29.5 Å². The Morgan fingerprint density at radius 2 is 1.09 bits per heavy atom. The van der Waals surface area contributed by atoms with Crippen LogP contribution in [0.25, 0.3) is 0 Å². The lowest BCUT2D eigenvalue weighted by Crippen LogP contribution is -1.97. The number of hydrogen-bond donors (Lipinski definition) is 1. The number of hydrogen-bond acceptors (Lipinski definition) is 2. The van der Waals surface area contributed by atoms with Gasteiger partial charge in [-0.25, -0.2) is 8.78 Å². The summed E-state index contributed by atoms with van der Waals surface area (Å²) in [4.78, 5) is 0. The maximum Gasteiger partial charge on any atom is 0.129 e. The molecule has 0 heterocycles. The lowest BCUT2D eigenvalue weighted by molar-refractivity contribution is 0.300. The number of aromatic hydroxyl groups is 1. The summed E-state index contributed by atoms with van der Waals surface area (Å²) >= 11 is 0. The molecule has 4 rings (SSSR count). The van der Waals surface area contributed by atoms with Crippen LogP contribution in [0.5, 0.6) is 11.5 Å². The molecule has 0 aliphatic carbocycles. The lowest BCUT2D eigenvalue weighted by atomic mass is 10.2. The van der Waals surface area contributed by atoms with Gasteiger partial charge in [0.15, 0.2) is 0 Å². The highest BCUT2D eigenvalue weighted by Gasteiger charge is 2.01. The second-order valence-electron chi connectivity index (χ2n) is 7.47. The van der Waals surface area contributed by atoms with Crippen molar-refractivity contribution in [1.82, 2.24) is 0 Å². The number of ether oxygens (including phenoxy) is 1. The van der Waals surface area contributed by atoms with Gasteiger partial charge >= 0.3 is 0 Å². The minimum atomic E-state index is -0.227. The van der Waals surface area contributed by atoms with Crippen LogP contribution in [0.1, 0.15) is 29.2 Å². The fraction of sp³-hybridized carbons (Fsp3) is 0.172. The van der Waals surface area contributed by atoms with Crippen LogP contribution in [0.2, 0.25) is 0 Å². The van der Waals surface area contributed by atoms with Crippen LogP contribution in [-0.2, 0) is 13.0 Å². The Hall–Kier alpha value is -3.66. The van der Waals surface area contributed by atoms with E-state index in [9.17, 15) is 8.78 Å². The summed E-state index contributed by atoms with van der Waals surface area (Å²) in [5, 5.41) is 8.76. The predicted molar refractivity (Wildman–Crippen MR) is 131 cm³/mol. The molecule has 4 aromatic rings. The average molecular weight is 449 g/mol. The Kier molecular flexibility index (Phi) is 10.6. The second-order valence-corrected chi connectivity index (χ2v) is 7.47. The van der Waals surface area contributed by atoms with Gasteiger partial charge in [0.2, 0.25) is 0 Å². The van der Waals surface area contributed by atoms with Crippen molar-refractivity contribution in [1.29, 1.82) is 0 Å². The Bertz CT molecular complexity index is 1070. The van der Waals surface area contributed by atoms with Crippen molar-refractivity contribution in [3.05, 3.63) is 131 Å². The van der Waals surface area contributed by atoms with Crippen LogP contribution in [0.4, 0.5) is 8.78 Å². The maximum absolute atomic E-state index is 13.3. The molecule has 0 bridgehead atoms. The third-order valence-electron chi connectivity index (χ3n) is 4.75. The Morgan fingerprint density at radius 1 is 0.636 bits per heavy atom. The zero-order valence-corrected chi connectivity index (χ0v) is 19.3. The minimum Gasteiger partial charge on any atom is -0.508 e. The molecule has 0 aromatic heterocycles. The van der Waals surface area contributed by atoms with Crippen molar-refractivity contribution >= 4 is 0 Å². The van der Waals surface area contributed by atoms with E-state index in [4.69, 9.17) is 9.84 Å². The number of benzene rings is 4. The summed E-state index contributed by atoms with van der Waals surface area (Å²) in [7, 11) is 0. The fourth-order valence-electron chi connectivity index (χ4n) is 2.74. The van der Waals surface area contributed by atoms with Crippen LogP contribution in [0.15, 0.2) is 97.1 Å². The molecule has 0 saturated carbocycles. The summed E-state index contributed by atoms with van der Waals surface area (Å²) in [5.41, 5.74) is 3.71. The second kappa shape index (κ2) is 13.7. The van der Waals surface area contributed by atoms with Gasteiger partial charge in [0, 0.05) is 5.56 Å². The molecule has 4 heteroatoms. The molecule has 33 heavy (non-hydrogen) atoms. The summed E-state index contributed by atoms with van der Waals surface area (Å²) in [6, 6.07) is 28.3. The standard InChI is InChI=1S/C14H13FO.C8H9F.C7H8O/c1-11-6-8-13(9-7-11)16-10-12-4-2-3-5-14(12)15;1-2-7-5-3-4-6-8(7)9;1-6-2-4-7(8)5-3-6/h2-9H,10H2,1H3;3-6H,2H2,1H3;2-5,8H,1H3. The minimum absolute atomic E-state index is 0.0972. The zero-order valence-electron chi connectivity index (χ0n) is 19.3. The monoisotopic (exact) mass is 448 g/mol. The molecule has 172 valence electrons. The van der Waals surface area contributed by atoms with E-state index in [2.05, 4.69) is 0 Å². The van der Waals surface area contributed by atoms with Crippen molar-refractivity contribution in [3.63, 3.8) is 0 Å². The van der Waals surface area contributed by atoms with E-state index in [1.807, 2.05) is 63.2 Å². The van der Waals surface area contributed by atoms with Crippen molar-refractivity contribution < 1.29 is 18.6 Å². The van der Waals surface area contributed by atoms with Crippen LogP contribution >= 0.6 is 0 Å².